The number of rotatable bonds is 8. The zero-order valence-electron chi connectivity index (χ0n) is 17.1. The molecule has 2 atom stereocenters. The van der Waals surface area contributed by atoms with Crippen molar-refractivity contribution < 1.29 is 14.3 Å². The molecular weight excluding hydrogens is 352 g/mol. The zero-order chi connectivity index (χ0) is 19.8. The van der Waals surface area contributed by atoms with Crippen LogP contribution in [-0.4, -0.2) is 55.5 Å². The van der Waals surface area contributed by atoms with Crippen LogP contribution in [-0.2, 0) is 9.53 Å². The topological polar surface area (TPSA) is 58.6 Å². The SMILES string of the molecule is CC1CCCCC1OCCNC(=O)CN1CCC(C(=O)c2ccccc2)CC1. The molecule has 2 aliphatic rings. The number of piperidine rings is 1. The fourth-order valence-corrected chi connectivity index (χ4v) is 4.38. The second kappa shape index (κ2) is 10.7. The summed E-state index contributed by atoms with van der Waals surface area (Å²) in [5.74, 6) is 0.990. The molecule has 1 saturated heterocycles. The van der Waals surface area contributed by atoms with Gasteiger partial charge in [-0.1, -0.05) is 50.1 Å². The van der Waals surface area contributed by atoms with E-state index in [0.717, 1.165) is 37.9 Å². The van der Waals surface area contributed by atoms with Gasteiger partial charge in [0.15, 0.2) is 5.78 Å². The Morgan fingerprint density at radius 3 is 2.50 bits per heavy atom. The molecule has 1 amide bonds. The number of hydrogen-bond donors (Lipinski definition) is 1. The molecule has 1 heterocycles. The predicted molar refractivity (Wildman–Crippen MR) is 110 cm³/mol. The third kappa shape index (κ3) is 6.14. The summed E-state index contributed by atoms with van der Waals surface area (Å²) in [6, 6.07) is 9.52. The molecule has 2 fully saturated rings. The molecule has 3 rings (SSSR count). The van der Waals surface area contributed by atoms with Gasteiger partial charge in [-0.05, 0) is 44.7 Å². The number of nitrogens with zero attached hydrogens (tertiary/aromatic N) is 1. The number of ketones is 1. The van der Waals surface area contributed by atoms with E-state index in [1.54, 1.807) is 0 Å². The standard InChI is InChI=1S/C23H34N2O3/c1-18-7-5-6-10-21(18)28-16-13-24-22(26)17-25-14-11-20(12-15-25)23(27)19-8-3-2-4-9-19/h2-4,8-9,18,20-21H,5-7,10-17H2,1H3,(H,24,26). The Kier molecular flexibility index (Phi) is 8.04. The Balaban J connectivity index is 1.30. The van der Waals surface area contributed by atoms with Crippen LogP contribution < -0.4 is 5.32 Å². The summed E-state index contributed by atoms with van der Waals surface area (Å²) in [6.45, 7) is 5.43. The van der Waals surface area contributed by atoms with Crippen LogP contribution in [0.3, 0.4) is 0 Å². The normalized spacial score (nSPS) is 24.0. The monoisotopic (exact) mass is 386 g/mol. The van der Waals surface area contributed by atoms with Crippen LogP contribution in [0.2, 0.25) is 0 Å². The second-order valence-electron chi connectivity index (χ2n) is 8.30. The number of amides is 1. The molecule has 154 valence electrons. The van der Waals surface area contributed by atoms with Crippen LogP contribution in [0, 0.1) is 11.8 Å². The molecule has 0 aromatic heterocycles. The summed E-state index contributed by atoms with van der Waals surface area (Å²) in [6.07, 6.45) is 6.96. The quantitative estimate of drug-likeness (QED) is 0.550. The molecule has 1 aliphatic heterocycles. The minimum atomic E-state index is 0.0492. The first-order valence-electron chi connectivity index (χ1n) is 10.8. The number of carbonyl (C=O) groups is 2. The van der Waals surface area contributed by atoms with E-state index < -0.39 is 0 Å². The van der Waals surface area contributed by atoms with Gasteiger partial charge in [0.2, 0.25) is 5.91 Å². The Labute approximate surface area is 168 Å². The number of ether oxygens (including phenoxy) is 1. The van der Waals surface area contributed by atoms with Crippen molar-refractivity contribution in [2.45, 2.75) is 51.6 Å². The number of Topliss-reactive ketones (excluding diaryl/α,β-unsaturated/α-hetero) is 1. The van der Waals surface area contributed by atoms with E-state index in [2.05, 4.69) is 17.1 Å². The summed E-state index contributed by atoms with van der Waals surface area (Å²) in [4.78, 5) is 26.9. The van der Waals surface area contributed by atoms with Crippen molar-refractivity contribution in [3.05, 3.63) is 35.9 Å². The fourth-order valence-electron chi connectivity index (χ4n) is 4.38. The molecule has 2 unspecified atom stereocenters. The first-order valence-corrected chi connectivity index (χ1v) is 10.8. The van der Waals surface area contributed by atoms with E-state index in [-0.39, 0.29) is 17.6 Å². The Bertz CT molecular complexity index is 626. The summed E-state index contributed by atoms with van der Waals surface area (Å²) in [7, 11) is 0. The van der Waals surface area contributed by atoms with Gasteiger partial charge in [0.05, 0.1) is 19.3 Å². The van der Waals surface area contributed by atoms with Crippen molar-refractivity contribution in [2.24, 2.45) is 11.8 Å². The van der Waals surface area contributed by atoms with Gasteiger partial charge < -0.3 is 10.1 Å². The van der Waals surface area contributed by atoms with Crippen molar-refractivity contribution in [1.82, 2.24) is 10.2 Å². The molecule has 1 aromatic carbocycles. The highest BCUT2D eigenvalue weighted by Crippen LogP contribution is 2.26. The van der Waals surface area contributed by atoms with Crippen molar-refractivity contribution in [2.75, 3.05) is 32.8 Å². The molecular formula is C23H34N2O3. The molecule has 1 saturated carbocycles. The number of carbonyl (C=O) groups excluding carboxylic acids is 2. The van der Waals surface area contributed by atoms with E-state index in [4.69, 9.17) is 4.74 Å². The summed E-state index contributed by atoms with van der Waals surface area (Å²) in [5.41, 5.74) is 0.797. The Hall–Kier alpha value is -1.72. The maximum absolute atomic E-state index is 12.5. The van der Waals surface area contributed by atoms with Crippen LogP contribution in [0.5, 0.6) is 0 Å². The van der Waals surface area contributed by atoms with Gasteiger partial charge in [-0.25, -0.2) is 0 Å². The highest BCUT2D eigenvalue weighted by molar-refractivity contribution is 5.97. The van der Waals surface area contributed by atoms with E-state index in [0.29, 0.717) is 31.7 Å². The van der Waals surface area contributed by atoms with Crippen molar-refractivity contribution in [1.29, 1.82) is 0 Å². The van der Waals surface area contributed by atoms with Crippen LogP contribution in [0.4, 0.5) is 0 Å². The first kappa shape index (κ1) is 21.0. The highest BCUT2D eigenvalue weighted by Gasteiger charge is 2.26. The lowest BCUT2D eigenvalue weighted by Crippen LogP contribution is -2.43. The number of benzene rings is 1. The Morgan fingerprint density at radius 2 is 1.79 bits per heavy atom. The summed E-state index contributed by atoms with van der Waals surface area (Å²) in [5, 5.41) is 2.97. The van der Waals surface area contributed by atoms with E-state index >= 15 is 0 Å². The maximum atomic E-state index is 12.5. The van der Waals surface area contributed by atoms with Crippen molar-refractivity contribution >= 4 is 11.7 Å². The van der Waals surface area contributed by atoms with Gasteiger partial charge in [-0.15, -0.1) is 0 Å². The summed E-state index contributed by atoms with van der Waals surface area (Å²) >= 11 is 0. The molecule has 0 bridgehead atoms. The van der Waals surface area contributed by atoms with Gasteiger partial charge in [0.25, 0.3) is 0 Å². The van der Waals surface area contributed by atoms with Gasteiger partial charge in [-0.2, -0.15) is 0 Å². The first-order chi connectivity index (χ1) is 13.6. The molecule has 0 spiro atoms. The average Bonchev–Trinajstić information content (AvgIpc) is 2.73. The van der Waals surface area contributed by atoms with E-state index in [1.807, 2.05) is 30.3 Å². The lowest BCUT2D eigenvalue weighted by molar-refractivity contribution is -0.123. The van der Waals surface area contributed by atoms with Gasteiger partial charge in [-0.3, -0.25) is 14.5 Å². The third-order valence-electron chi connectivity index (χ3n) is 6.17. The fraction of sp³-hybridized carbons (Fsp3) is 0.652. The third-order valence-corrected chi connectivity index (χ3v) is 6.17. The van der Waals surface area contributed by atoms with Gasteiger partial charge in [0, 0.05) is 18.0 Å². The Morgan fingerprint density at radius 1 is 1.07 bits per heavy atom. The summed E-state index contributed by atoms with van der Waals surface area (Å²) < 4.78 is 5.95. The molecule has 28 heavy (non-hydrogen) atoms. The van der Waals surface area contributed by atoms with Crippen LogP contribution in [0.25, 0.3) is 0 Å². The lowest BCUT2D eigenvalue weighted by Gasteiger charge is -2.31. The van der Waals surface area contributed by atoms with Gasteiger partial charge >= 0.3 is 0 Å². The highest BCUT2D eigenvalue weighted by atomic mass is 16.5. The van der Waals surface area contributed by atoms with E-state index in [9.17, 15) is 9.59 Å². The minimum absolute atomic E-state index is 0.0492. The van der Waals surface area contributed by atoms with Crippen molar-refractivity contribution in [3.8, 4) is 0 Å². The molecule has 5 heteroatoms. The van der Waals surface area contributed by atoms with Crippen molar-refractivity contribution in [3.63, 3.8) is 0 Å². The zero-order valence-corrected chi connectivity index (χ0v) is 17.1. The van der Waals surface area contributed by atoms with Crippen LogP contribution in [0.1, 0.15) is 55.8 Å². The molecule has 1 aromatic rings. The van der Waals surface area contributed by atoms with Crippen LogP contribution in [0.15, 0.2) is 30.3 Å². The molecule has 1 N–H and O–H groups in total. The lowest BCUT2D eigenvalue weighted by atomic mass is 9.88. The average molecular weight is 387 g/mol. The number of nitrogens with one attached hydrogen (secondary N) is 1. The van der Waals surface area contributed by atoms with Crippen LogP contribution >= 0.6 is 0 Å². The second-order valence-corrected chi connectivity index (χ2v) is 8.30. The minimum Gasteiger partial charge on any atom is -0.376 e. The van der Waals surface area contributed by atoms with Gasteiger partial charge in [0.1, 0.15) is 0 Å². The number of hydrogen-bond acceptors (Lipinski definition) is 4. The van der Waals surface area contributed by atoms with E-state index in [1.165, 1.54) is 19.3 Å². The molecule has 0 radical (unpaired) electrons. The maximum Gasteiger partial charge on any atom is 0.234 e. The molecule has 5 nitrogen and oxygen atoms in total. The predicted octanol–water partition coefficient (Wildman–Crippen LogP) is 3.29. The largest absolute Gasteiger partial charge is 0.376 e. The number of likely N-dealkylation sites (tertiary alicyclic amines) is 1. The smallest absolute Gasteiger partial charge is 0.234 e. The molecule has 1 aliphatic carbocycles.